The van der Waals surface area contributed by atoms with E-state index in [2.05, 4.69) is 5.32 Å². The quantitative estimate of drug-likeness (QED) is 0.793. The molecular weight excluding hydrogens is 194 g/mol. The molecular formula is C11H15NO3. The monoisotopic (exact) mass is 209 g/mol. The standard InChI is InChI=1S/C11H15NO3/c1-3-12-11(13)8-15-10-7-5-4-6-9(10)14-2/h4-7H,3,8H2,1-2H3,(H,12,13). The molecule has 0 heterocycles. The molecule has 0 aliphatic rings. The summed E-state index contributed by atoms with van der Waals surface area (Å²) < 4.78 is 10.4. The third kappa shape index (κ3) is 3.50. The molecule has 0 atom stereocenters. The number of carbonyl (C=O) groups excluding carboxylic acids is 1. The molecule has 0 aliphatic carbocycles. The van der Waals surface area contributed by atoms with Gasteiger partial charge < -0.3 is 14.8 Å². The summed E-state index contributed by atoms with van der Waals surface area (Å²) >= 11 is 0. The van der Waals surface area contributed by atoms with Gasteiger partial charge in [-0.25, -0.2) is 0 Å². The minimum Gasteiger partial charge on any atom is -0.493 e. The van der Waals surface area contributed by atoms with Crippen LogP contribution in [0.1, 0.15) is 6.92 Å². The molecule has 15 heavy (non-hydrogen) atoms. The first kappa shape index (κ1) is 11.4. The number of benzene rings is 1. The largest absolute Gasteiger partial charge is 0.493 e. The van der Waals surface area contributed by atoms with E-state index in [-0.39, 0.29) is 12.5 Å². The van der Waals surface area contributed by atoms with Gasteiger partial charge in [-0.2, -0.15) is 0 Å². The second-order valence-electron chi connectivity index (χ2n) is 2.89. The van der Waals surface area contributed by atoms with Crippen LogP contribution in [0, 0.1) is 0 Å². The fourth-order valence-corrected chi connectivity index (χ4v) is 1.13. The van der Waals surface area contributed by atoms with Crippen molar-refractivity contribution >= 4 is 5.91 Å². The van der Waals surface area contributed by atoms with Gasteiger partial charge in [-0.1, -0.05) is 12.1 Å². The van der Waals surface area contributed by atoms with Gasteiger partial charge in [0, 0.05) is 6.54 Å². The molecule has 0 aromatic heterocycles. The molecule has 0 unspecified atom stereocenters. The molecule has 1 amide bonds. The zero-order chi connectivity index (χ0) is 11.1. The van der Waals surface area contributed by atoms with Crippen LogP contribution in [0.25, 0.3) is 0 Å². The summed E-state index contributed by atoms with van der Waals surface area (Å²) in [6, 6.07) is 7.22. The Morgan fingerprint density at radius 2 is 2.00 bits per heavy atom. The molecule has 0 radical (unpaired) electrons. The van der Waals surface area contributed by atoms with Gasteiger partial charge in [0.25, 0.3) is 5.91 Å². The van der Waals surface area contributed by atoms with E-state index in [0.29, 0.717) is 18.0 Å². The minimum atomic E-state index is -0.136. The van der Waals surface area contributed by atoms with Crippen molar-refractivity contribution in [2.45, 2.75) is 6.92 Å². The van der Waals surface area contributed by atoms with Crippen molar-refractivity contribution in [2.24, 2.45) is 0 Å². The van der Waals surface area contributed by atoms with E-state index in [1.807, 2.05) is 19.1 Å². The molecule has 0 spiro atoms. The fourth-order valence-electron chi connectivity index (χ4n) is 1.13. The average Bonchev–Trinajstić information content (AvgIpc) is 2.27. The molecule has 0 saturated carbocycles. The van der Waals surface area contributed by atoms with Crippen molar-refractivity contribution < 1.29 is 14.3 Å². The van der Waals surface area contributed by atoms with Crippen LogP contribution < -0.4 is 14.8 Å². The van der Waals surface area contributed by atoms with E-state index in [1.165, 1.54) is 0 Å². The lowest BCUT2D eigenvalue weighted by Crippen LogP contribution is -2.28. The topological polar surface area (TPSA) is 47.6 Å². The Morgan fingerprint density at radius 3 is 2.60 bits per heavy atom. The van der Waals surface area contributed by atoms with Crippen molar-refractivity contribution in [3.05, 3.63) is 24.3 Å². The zero-order valence-electron chi connectivity index (χ0n) is 8.95. The van der Waals surface area contributed by atoms with Crippen LogP contribution in [0.4, 0.5) is 0 Å². The summed E-state index contributed by atoms with van der Waals surface area (Å²) in [5.74, 6) is 1.07. The molecule has 4 heteroatoms. The lowest BCUT2D eigenvalue weighted by Gasteiger charge is -2.09. The zero-order valence-corrected chi connectivity index (χ0v) is 8.95. The maximum atomic E-state index is 11.1. The third-order valence-corrected chi connectivity index (χ3v) is 1.80. The number of nitrogens with one attached hydrogen (secondary N) is 1. The average molecular weight is 209 g/mol. The number of carbonyl (C=O) groups is 1. The Kier molecular flexibility index (Phi) is 4.47. The summed E-state index contributed by atoms with van der Waals surface area (Å²) in [4.78, 5) is 11.1. The molecule has 0 fully saturated rings. The van der Waals surface area contributed by atoms with Crippen LogP contribution in [-0.4, -0.2) is 26.2 Å². The second kappa shape index (κ2) is 5.90. The van der Waals surface area contributed by atoms with Gasteiger partial charge in [-0.15, -0.1) is 0 Å². The van der Waals surface area contributed by atoms with Gasteiger partial charge in [0.2, 0.25) is 0 Å². The predicted molar refractivity (Wildman–Crippen MR) is 57.2 cm³/mol. The highest BCUT2D eigenvalue weighted by atomic mass is 16.5. The number of hydrogen-bond donors (Lipinski definition) is 1. The van der Waals surface area contributed by atoms with Crippen LogP contribution in [0.5, 0.6) is 11.5 Å². The van der Waals surface area contributed by atoms with E-state index in [0.717, 1.165) is 0 Å². The van der Waals surface area contributed by atoms with Gasteiger partial charge in [0.1, 0.15) is 0 Å². The number of para-hydroxylation sites is 2. The van der Waals surface area contributed by atoms with Crippen LogP contribution >= 0.6 is 0 Å². The Morgan fingerprint density at radius 1 is 1.33 bits per heavy atom. The highest BCUT2D eigenvalue weighted by Crippen LogP contribution is 2.25. The SMILES string of the molecule is CCNC(=O)COc1ccccc1OC. The maximum absolute atomic E-state index is 11.1. The van der Waals surface area contributed by atoms with E-state index >= 15 is 0 Å². The minimum absolute atomic E-state index is 0.00815. The number of hydrogen-bond acceptors (Lipinski definition) is 3. The van der Waals surface area contributed by atoms with Crippen LogP contribution in [-0.2, 0) is 4.79 Å². The summed E-state index contributed by atoms with van der Waals surface area (Å²) in [7, 11) is 1.56. The van der Waals surface area contributed by atoms with Crippen molar-refractivity contribution in [1.29, 1.82) is 0 Å². The molecule has 1 N–H and O–H groups in total. The van der Waals surface area contributed by atoms with E-state index in [4.69, 9.17) is 9.47 Å². The first-order valence-corrected chi connectivity index (χ1v) is 4.80. The number of amides is 1. The highest BCUT2D eigenvalue weighted by molar-refractivity contribution is 5.77. The van der Waals surface area contributed by atoms with Gasteiger partial charge >= 0.3 is 0 Å². The number of rotatable bonds is 5. The van der Waals surface area contributed by atoms with Crippen LogP contribution in [0.15, 0.2) is 24.3 Å². The molecule has 1 aromatic carbocycles. The Bertz CT molecular complexity index is 325. The summed E-state index contributed by atoms with van der Waals surface area (Å²) in [6.45, 7) is 2.48. The number of ether oxygens (including phenoxy) is 2. The normalized spacial score (nSPS) is 9.47. The van der Waals surface area contributed by atoms with Crippen LogP contribution in [0.3, 0.4) is 0 Å². The van der Waals surface area contributed by atoms with Crippen molar-refractivity contribution in [3.63, 3.8) is 0 Å². The van der Waals surface area contributed by atoms with Gasteiger partial charge in [-0.3, -0.25) is 4.79 Å². The molecule has 4 nitrogen and oxygen atoms in total. The van der Waals surface area contributed by atoms with Gasteiger partial charge in [0.15, 0.2) is 18.1 Å². The molecule has 1 aromatic rings. The van der Waals surface area contributed by atoms with Gasteiger partial charge in [-0.05, 0) is 19.1 Å². The summed E-state index contributed by atoms with van der Waals surface area (Å²) in [5, 5.41) is 2.65. The Labute approximate surface area is 89.2 Å². The Hall–Kier alpha value is -1.71. The maximum Gasteiger partial charge on any atom is 0.257 e. The van der Waals surface area contributed by atoms with E-state index in [9.17, 15) is 4.79 Å². The van der Waals surface area contributed by atoms with Crippen LogP contribution in [0.2, 0.25) is 0 Å². The molecule has 82 valence electrons. The Balaban J connectivity index is 2.53. The van der Waals surface area contributed by atoms with E-state index < -0.39 is 0 Å². The number of methoxy groups -OCH3 is 1. The summed E-state index contributed by atoms with van der Waals surface area (Å²) in [5.41, 5.74) is 0. The molecule has 1 rings (SSSR count). The third-order valence-electron chi connectivity index (χ3n) is 1.80. The number of likely N-dealkylation sites (N-methyl/N-ethyl adjacent to an activating group) is 1. The molecule has 0 saturated heterocycles. The van der Waals surface area contributed by atoms with Gasteiger partial charge in [0.05, 0.1) is 7.11 Å². The first-order chi connectivity index (χ1) is 7.27. The fraction of sp³-hybridized carbons (Fsp3) is 0.364. The summed E-state index contributed by atoms with van der Waals surface area (Å²) in [6.07, 6.45) is 0. The molecule has 0 bridgehead atoms. The lowest BCUT2D eigenvalue weighted by molar-refractivity contribution is -0.123. The first-order valence-electron chi connectivity index (χ1n) is 4.80. The smallest absolute Gasteiger partial charge is 0.257 e. The van der Waals surface area contributed by atoms with Crippen molar-refractivity contribution in [3.8, 4) is 11.5 Å². The highest BCUT2D eigenvalue weighted by Gasteiger charge is 2.05. The van der Waals surface area contributed by atoms with E-state index in [1.54, 1.807) is 19.2 Å². The predicted octanol–water partition coefficient (Wildman–Crippen LogP) is 1.21. The van der Waals surface area contributed by atoms with Crippen molar-refractivity contribution in [2.75, 3.05) is 20.3 Å². The lowest BCUT2D eigenvalue weighted by atomic mass is 10.3. The van der Waals surface area contributed by atoms with Crippen molar-refractivity contribution in [1.82, 2.24) is 5.32 Å². The molecule has 0 aliphatic heterocycles. The second-order valence-corrected chi connectivity index (χ2v) is 2.89.